The van der Waals surface area contributed by atoms with E-state index in [-0.39, 0.29) is 27.4 Å². The average molecular weight is 297 g/mol. The van der Waals surface area contributed by atoms with Crippen LogP contribution >= 0.6 is 15.9 Å². The summed E-state index contributed by atoms with van der Waals surface area (Å²) in [6.45, 7) is 0. The van der Waals surface area contributed by atoms with Gasteiger partial charge in [0.25, 0.3) is 0 Å². The highest BCUT2D eigenvalue weighted by molar-refractivity contribution is 9.12. The van der Waals surface area contributed by atoms with Crippen LogP contribution in [-0.4, -0.2) is 25.8 Å². The first-order valence-corrected chi connectivity index (χ1v) is 5.61. The van der Waals surface area contributed by atoms with Crippen molar-refractivity contribution in [3.63, 3.8) is 0 Å². The Kier molecular flexibility index (Phi) is 3.02. The minimum atomic E-state index is -0.326. The summed E-state index contributed by atoms with van der Waals surface area (Å²) in [6.07, 6.45) is 0. The van der Waals surface area contributed by atoms with Crippen LogP contribution in [0.5, 0.6) is 5.75 Å². The monoisotopic (exact) mass is 296 g/mol. The molecule has 1 aromatic carbocycles. The summed E-state index contributed by atoms with van der Waals surface area (Å²) in [4.78, 5) is 24.1. The Morgan fingerprint density at radius 1 is 1.06 bits per heavy atom. The largest absolute Gasteiger partial charge is 0.496 e. The van der Waals surface area contributed by atoms with Crippen molar-refractivity contribution in [2.75, 3.05) is 14.2 Å². The molecule has 0 bridgehead atoms. The van der Waals surface area contributed by atoms with Gasteiger partial charge in [-0.2, -0.15) is 0 Å². The summed E-state index contributed by atoms with van der Waals surface area (Å²) in [5.41, 5.74) is 0.571. The van der Waals surface area contributed by atoms with Crippen LogP contribution in [0.15, 0.2) is 28.4 Å². The zero-order valence-corrected chi connectivity index (χ0v) is 10.8. The maximum Gasteiger partial charge on any atom is 0.229 e. The number of methoxy groups -OCH3 is 2. The molecule has 2 rings (SSSR count). The molecule has 0 saturated carbocycles. The van der Waals surface area contributed by atoms with E-state index in [0.29, 0.717) is 11.3 Å². The van der Waals surface area contributed by atoms with Crippen LogP contribution in [0.25, 0.3) is 0 Å². The smallest absolute Gasteiger partial charge is 0.229 e. The highest BCUT2D eigenvalue weighted by Crippen LogP contribution is 2.34. The van der Waals surface area contributed by atoms with Crippen molar-refractivity contribution in [2.24, 2.45) is 0 Å². The lowest BCUT2D eigenvalue weighted by Gasteiger charge is -2.18. The predicted octanol–water partition coefficient (Wildman–Crippen LogP) is 2.33. The number of hydrogen-bond acceptors (Lipinski definition) is 4. The van der Waals surface area contributed by atoms with E-state index in [0.717, 1.165) is 0 Å². The number of benzene rings is 1. The van der Waals surface area contributed by atoms with Crippen LogP contribution in [0.2, 0.25) is 0 Å². The number of allylic oxidation sites excluding steroid dienone is 2. The molecule has 0 aromatic heterocycles. The zero-order valence-electron chi connectivity index (χ0n) is 9.24. The topological polar surface area (TPSA) is 52.6 Å². The number of halogens is 1. The number of carbonyl (C=O) groups excluding carboxylic acids is 2. The molecule has 5 heteroatoms. The molecule has 0 amide bonds. The van der Waals surface area contributed by atoms with Crippen molar-refractivity contribution in [3.8, 4) is 5.75 Å². The van der Waals surface area contributed by atoms with Gasteiger partial charge in [-0.1, -0.05) is 6.07 Å². The molecule has 4 nitrogen and oxygen atoms in total. The van der Waals surface area contributed by atoms with Gasteiger partial charge < -0.3 is 9.47 Å². The van der Waals surface area contributed by atoms with Crippen LogP contribution in [0.4, 0.5) is 0 Å². The zero-order chi connectivity index (χ0) is 12.6. The van der Waals surface area contributed by atoms with Crippen molar-refractivity contribution in [1.82, 2.24) is 0 Å². The van der Waals surface area contributed by atoms with Gasteiger partial charge >= 0.3 is 0 Å². The Morgan fingerprint density at radius 3 is 2.35 bits per heavy atom. The summed E-state index contributed by atoms with van der Waals surface area (Å²) < 4.78 is 10.2. The van der Waals surface area contributed by atoms with Gasteiger partial charge in [0.2, 0.25) is 11.6 Å². The molecule has 0 fully saturated rings. The van der Waals surface area contributed by atoms with E-state index in [2.05, 4.69) is 15.9 Å². The Hall–Kier alpha value is -1.62. The predicted molar refractivity (Wildman–Crippen MR) is 64.6 cm³/mol. The first kappa shape index (κ1) is 11.9. The van der Waals surface area contributed by atoms with Gasteiger partial charge in [0.15, 0.2) is 5.76 Å². The molecule has 0 aliphatic heterocycles. The van der Waals surface area contributed by atoms with Gasteiger partial charge in [-0.15, -0.1) is 0 Å². The number of rotatable bonds is 2. The molecule has 0 unspecified atom stereocenters. The van der Waals surface area contributed by atoms with Crippen LogP contribution < -0.4 is 4.74 Å². The lowest BCUT2D eigenvalue weighted by molar-refractivity contribution is 0.0912. The minimum absolute atomic E-state index is 0.0238. The molecule has 0 radical (unpaired) electrons. The number of ether oxygens (including phenoxy) is 2. The lowest BCUT2D eigenvalue weighted by Crippen LogP contribution is -2.21. The van der Waals surface area contributed by atoms with Crippen LogP contribution in [-0.2, 0) is 4.74 Å². The third-order valence-electron chi connectivity index (χ3n) is 2.53. The summed E-state index contributed by atoms with van der Waals surface area (Å²) in [6, 6.07) is 4.88. The SMILES string of the molecule is COC1=C(Br)C(=O)c2c(OC)cccc2C1=O. The number of ketones is 2. The van der Waals surface area contributed by atoms with Crippen LogP contribution in [0.1, 0.15) is 20.7 Å². The highest BCUT2D eigenvalue weighted by Gasteiger charge is 2.34. The number of Topliss-reactive ketones (excluding diaryl/α,β-unsaturated/α-hetero) is 2. The van der Waals surface area contributed by atoms with E-state index in [1.807, 2.05) is 0 Å². The standard InChI is InChI=1S/C12H9BrO4/c1-16-7-5-3-4-6-8(7)11(15)9(13)12(17-2)10(6)14/h3-5H,1-2H3. The van der Waals surface area contributed by atoms with Gasteiger partial charge in [0.05, 0.1) is 19.8 Å². The van der Waals surface area contributed by atoms with Gasteiger partial charge in [-0.25, -0.2) is 0 Å². The average Bonchev–Trinajstić information content (AvgIpc) is 2.36. The summed E-state index contributed by atoms with van der Waals surface area (Å²) in [5, 5.41) is 0. The Bertz CT molecular complexity index is 545. The Morgan fingerprint density at radius 2 is 1.76 bits per heavy atom. The minimum Gasteiger partial charge on any atom is -0.496 e. The molecule has 0 N–H and O–H groups in total. The van der Waals surface area contributed by atoms with Crippen molar-refractivity contribution < 1.29 is 19.1 Å². The van der Waals surface area contributed by atoms with Gasteiger partial charge in [0.1, 0.15) is 10.2 Å². The number of fused-ring (bicyclic) bond motifs is 1. The molecule has 88 valence electrons. The van der Waals surface area contributed by atoms with E-state index in [1.54, 1.807) is 18.2 Å². The van der Waals surface area contributed by atoms with E-state index in [1.165, 1.54) is 14.2 Å². The fraction of sp³-hybridized carbons (Fsp3) is 0.167. The number of carbonyl (C=O) groups is 2. The molecular formula is C12H9BrO4. The second-order valence-corrected chi connectivity index (χ2v) is 4.18. The van der Waals surface area contributed by atoms with E-state index >= 15 is 0 Å². The fourth-order valence-corrected chi connectivity index (χ4v) is 2.28. The van der Waals surface area contributed by atoms with E-state index in [9.17, 15) is 9.59 Å². The first-order chi connectivity index (χ1) is 8.11. The first-order valence-electron chi connectivity index (χ1n) is 4.82. The summed E-state index contributed by atoms with van der Waals surface area (Å²) in [7, 11) is 2.81. The summed E-state index contributed by atoms with van der Waals surface area (Å²) >= 11 is 3.08. The van der Waals surface area contributed by atoms with Gasteiger partial charge in [-0.05, 0) is 28.1 Å². The van der Waals surface area contributed by atoms with Crippen LogP contribution in [0.3, 0.4) is 0 Å². The molecule has 0 saturated heterocycles. The second kappa shape index (κ2) is 4.33. The molecule has 17 heavy (non-hydrogen) atoms. The fourth-order valence-electron chi connectivity index (χ4n) is 1.74. The van der Waals surface area contributed by atoms with E-state index < -0.39 is 0 Å². The maximum atomic E-state index is 12.1. The molecule has 1 aliphatic rings. The van der Waals surface area contributed by atoms with Gasteiger partial charge in [0, 0.05) is 5.56 Å². The molecule has 0 spiro atoms. The van der Waals surface area contributed by atoms with Crippen LogP contribution in [0, 0.1) is 0 Å². The van der Waals surface area contributed by atoms with Crippen molar-refractivity contribution >= 4 is 27.5 Å². The molecule has 1 aliphatic carbocycles. The number of hydrogen-bond donors (Lipinski definition) is 0. The Balaban J connectivity index is 2.72. The molecular weight excluding hydrogens is 288 g/mol. The molecule has 0 atom stereocenters. The third kappa shape index (κ3) is 1.67. The normalized spacial score (nSPS) is 14.8. The molecule has 0 heterocycles. The van der Waals surface area contributed by atoms with E-state index in [4.69, 9.17) is 9.47 Å². The quantitative estimate of drug-likeness (QED) is 0.840. The molecule has 1 aromatic rings. The second-order valence-electron chi connectivity index (χ2n) is 3.39. The summed E-state index contributed by atoms with van der Waals surface area (Å²) in [5.74, 6) is -0.231. The maximum absolute atomic E-state index is 12.1. The van der Waals surface area contributed by atoms with Crippen molar-refractivity contribution in [1.29, 1.82) is 0 Å². The Labute approximate surface area is 106 Å². The lowest BCUT2D eigenvalue weighted by atomic mass is 9.93. The highest BCUT2D eigenvalue weighted by atomic mass is 79.9. The van der Waals surface area contributed by atoms with Crippen molar-refractivity contribution in [2.45, 2.75) is 0 Å². The third-order valence-corrected chi connectivity index (χ3v) is 3.25. The van der Waals surface area contributed by atoms with Crippen molar-refractivity contribution in [3.05, 3.63) is 39.6 Å². The van der Waals surface area contributed by atoms with Gasteiger partial charge in [-0.3, -0.25) is 9.59 Å².